The van der Waals surface area contributed by atoms with Crippen molar-refractivity contribution in [3.05, 3.63) is 28.2 Å². The zero-order valence-corrected chi connectivity index (χ0v) is 17.4. The Balaban J connectivity index is 1.42. The SMILES string of the molecule is C[C@@H](Sc1nnc(Cc2cccs2)n1C1CC1)C(=O)N[C@@H]1CCS(=O)(=O)C1. The van der Waals surface area contributed by atoms with Gasteiger partial charge in [0.2, 0.25) is 5.91 Å². The third-order valence-corrected chi connectivity index (χ3v) is 8.49. The molecule has 1 saturated heterocycles. The van der Waals surface area contributed by atoms with Gasteiger partial charge >= 0.3 is 0 Å². The van der Waals surface area contributed by atoms with Gasteiger partial charge in [0.1, 0.15) is 5.82 Å². The topological polar surface area (TPSA) is 93.9 Å². The van der Waals surface area contributed by atoms with Crippen molar-refractivity contribution in [2.45, 2.75) is 55.1 Å². The van der Waals surface area contributed by atoms with Crippen molar-refractivity contribution < 1.29 is 13.2 Å². The van der Waals surface area contributed by atoms with Crippen LogP contribution >= 0.6 is 23.1 Å². The standard InChI is InChI=1S/C17H22N4O3S3/c1-11(16(22)18-12-6-8-27(23,24)10-12)26-17-20-19-15(21(17)13-4-5-13)9-14-3-2-7-25-14/h2-3,7,11-13H,4-6,8-10H2,1H3,(H,18,22)/t11-,12-/m1/s1. The number of thioether (sulfide) groups is 1. The molecule has 27 heavy (non-hydrogen) atoms. The van der Waals surface area contributed by atoms with Crippen LogP contribution in [0.25, 0.3) is 0 Å². The number of aromatic nitrogens is 3. The summed E-state index contributed by atoms with van der Waals surface area (Å²) in [6.07, 6.45) is 3.48. The highest BCUT2D eigenvalue weighted by molar-refractivity contribution is 8.00. The van der Waals surface area contributed by atoms with Crippen LogP contribution in [0.5, 0.6) is 0 Å². The zero-order valence-electron chi connectivity index (χ0n) is 15.0. The Kier molecular flexibility index (Phi) is 5.30. The molecule has 1 amide bonds. The van der Waals surface area contributed by atoms with Crippen LogP contribution in [0.3, 0.4) is 0 Å². The molecule has 1 saturated carbocycles. The van der Waals surface area contributed by atoms with Crippen molar-refractivity contribution >= 4 is 38.8 Å². The summed E-state index contributed by atoms with van der Waals surface area (Å²) in [7, 11) is -3.00. The first-order valence-corrected chi connectivity index (χ1v) is 12.6. The van der Waals surface area contributed by atoms with Gasteiger partial charge in [-0.15, -0.1) is 21.5 Å². The smallest absolute Gasteiger partial charge is 0.233 e. The van der Waals surface area contributed by atoms with Gasteiger partial charge in [-0.2, -0.15) is 0 Å². The second-order valence-electron chi connectivity index (χ2n) is 7.12. The van der Waals surface area contributed by atoms with Crippen LogP contribution in [0.2, 0.25) is 0 Å². The van der Waals surface area contributed by atoms with E-state index in [0.29, 0.717) is 12.5 Å². The zero-order chi connectivity index (χ0) is 19.0. The van der Waals surface area contributed by atoms with Gasteiger partial charge in [0, 0.05) is 23.4 Å². The molecule has 2 aromatic heterocycles. The quantitative estimate of drug-likeness (QED) is 0.681. The van der Waals surface area contributed by atoms with Crippen LogP contribution in [0.1, 0.15) is 42.9 Å². The maximum atomic E-state index is 12.5. The monoisotopic (exact) mass is 426 g/mol. The molecule has 1 aliphatic heterocycles. The largest absolute Gasteiger partial charge is 0.351 e. The molecule has 0 spiro atoms. The van der Waals surface area contributed by atoms with Crippen LogP contribution in [-0.2, 0) is 21.1 Å². The van der Waals surface area contributed by atoms with Gasteiger partial charge in [-0.05, 0) is 37.6 Å². The summed E-state index contributed by atoms with van der Waals surface area (Å²) in [5.41, 5.74) is 0. The Morgan fingerprint density at radius 1 is 1.41 bits per heavy atom. The number of rotatable bonds is 7. The fourth-order valence-corrected chi connectivity index (χ4v) is 6.54. The van der Waals surface area contributed by atoms with Crippen molar-refractivity contribution in [1.82, 2.24) is 20.1 Å². The minimum absolute atomic E-state index is 0.0410. The molecule has 2 aliphatic rings. The Bertz CT molecular complexity index is 919. The molecule has 0 bridgehead atoms. The minimum atomic E-state index is -3.00. The molecule has 146 valence electrons. The van der Waals surface area contributed by atoms with Crippen LogP contribution in [0.4, 0.5) is 0 Å². The Morgan fingerprint density at radius 3 is 2.85 bits per heavy atom. The van der Waals surface area contributed by atoms with E-state index in [4.69, 9.17) is 0 Å². The molecule has 2 atom stereocenters. The van der Waals surface area contributed by atoms with Crippen molar-refractivity contribution in [2.75, 3.05) is 11.5 Å². The van der Waals surface area contributed by atoms with Gasteiger partial charge < -0.3 is 9.88 Å². The molecule has 3 heterocycles. The first-order chi connectivity index (χ1) is 12.9. The number of hydrogen-bond acceptors (Lipinski definition) is 7. The molecule has 10 heteroatoms. The van der Waals surface area contributed by atoms with Gasteiger partial charge in [-0.25, -0.2) is 8.42 Å². The highest BCUT2D eigenvalue weighted by atomic mass is 32.2. The van der Waals surface area contributed by atoms with Crippen molar-refractivity contribution in [2.24, 2.45) is 0 Å². The second-order valence-corrected chi connectivity index (χ2v) is 11.7. The lowest BCUT2D eigenvalue weighted by Gasteiger charge is -2.16. The summed E-state index contributed by atoms with van der Waals surface area (Å²) in [6, 6.07) is 4.27. The molecule has 0 unspecified atom stereocenters. The molecule has 2 fully saturated rings. The predicted octanol–water partition coefficient (Wildman–Crippen LogP) is 2.05. The molecule has 1 aliphatic carbocycles. The van der Waals surface area contributed by atoms with Crippen LogP contribution in [-0.4, -0.2) is 51.9 Å². The first kappa shape index (κ1) is 18.9. The summed E-state index contributed by atoms with van der Waals surface area (Å²) < 4.78 is 25.3. The van der Waals surface area contributed by atoms with Gasteiger partial charge in [0.05, 0.1) is 16.8 Å². The molecule has 0 radical (unpaired) electrons. The van der Waals surface area contributed by atoms with Gasteiger partial charge in [0.25, 0.3) is 0 Å². The number of amides is 1. The van der Waals surface area contributed by atoms with E-state index in [2.05, 4.69) is 31.5 Å². The van der Waals surface area contributed by atoms with Crippen LogP contribution in [0.15, 0.2) is 22.7 Å². The van der Waals surface area contributed by atoms with E-state index in [0.717, 1.165) is 30.2 Å². The first-order valence-electron chi connectivity index (χ1n) is 9.05. The highest BCUT2D eigenvalue weighted by Gasteiger charge is 2.33. The third kappa shape index (κ3) is 4.55. The molecular weight excluding hydrogens is 404 g/mol. The van der Waals surface area contributed by atoms with Gasteiger partial charge in [-0.3, -0.25) is 4.79 Å². The van der Waals surface area contributed by atoms with E-state index < -0.39 is 9.84 Å². The van der Waals surface area contributed by atoms with Gasteiger partial charge in [0.15, 0.2) is 15.0 Å². The third-order valence-electron chi connectivity index (χ3n) is 4.79. The van der Waals surface area contributed by atoms with E-state index in [9.17, 15) is 13.2 Å². The van der Waals surface area contributed by atoms with E-state index >= 15 is 0 Å². The Labute approximate surface area is 166 Å². The average Bonchev–Trinajstić information content (AvgIpc) is 3.00. The van der Waals surface area contributed by atoms with E-state index in [1.54, 1.807) is 11.3 Å². The fraction of sp³-hybridized carbons (Fsp3) is 0.588. The Hall–Kier alpha value is -1.39. The van der Waals surface area contributed by atoms with Crippen molar-refractivity contribution in [1.29, 1.82) is 0 Å². The minimum Gasteiger partial charge on any atom is -0.351 e. The van der Waals surface area contributed by atoms with E-state index in [1.807, 2.05) is 13.0 Å². The van der Waals surface area contributed by atoms with Crippen molar-refractivity contribution in [3.8, 4) is 0 Å². The Morgan fingerprint density at radius 2 is 2.22 bits per heavy atom. The highest BCUT2D eigenvalue weighted by Crippen LogP contribution is 2.40. The normalized spacial score (nSPS) is 22.6. The van der Waals surface area contributed by atoms with E-state index in [1.165, 1.54) is 16.6 Å². The molecule has 4 rings (SSSR count). The predicted molar refractivity (Wildman–Crippen MR) is 106 cm³/mol. The number of sulfone groups is 1. The number of thiophene rings is 1. The number of hydrogen-bond donors (Lipinski definition) is 1. The number of carbonyl (C=O) groups excluding carboxylic acids is 1. The molecular formula is C17H22N4O3S3. The summed E-state index contributed by atoms with van der Waals surface area (Å²) in [5, 5.41) is 14.0. The maximum absolute atomic E-state index is 12.5. The molecule has 0 aromatic carbocycles. The average molecular weight is 427 g/mol. The number of nitrogens with zero attached hydrogens (tertiary/aromatic N) is 3. The fourth-order valence-electron chi connectivity index (χ4n) is 3.22. The lowest BCUT2D eigenvalue weighted by Crippen LogP contribution is -2.40. The molecule has 1 N–H and O–H groups in total. The number of nitrogens with one attached hydrogen (secondary N) is 1. The summed E-state index contributed by atoms with van der Waals surface area (Å²) in [5.74, 6) is 0.991. The van der Waals surface area contributed by atoms with E-state index in [-0.39, 0.29) is 28.7 Å². The molecule has 2 aromatic rings. The summed E-state index contributed by atoms with van der Waals surface area (Å²) in [6.45, 7) is 1.83. The van der Waals surface area contributed by atoms with Crippen molar-refractivity contribution in [3.63, 3.8) is 0 Å². The lowest BCUT2D eigenvalue weighted by molar-refractivity contribution is -0.120. The number of carbonyl (C=O) groups is 1. The second kappa shape index (κ2) is 7.56. The summed E-state index contributed by atoms with van der Waals surface area (Å²) >= 11 is 3.10. The lowest BCUT2D eigenvalue weighted by atomic mass is 10.2. The van der Waals surface area contributed by atoms with Crippen LogP contribution < -0.4 is 5.32 Å². The van der Waals surface area contributed by atoms with Gasteiger partial charge in [-0.1, -0.05) is 17.8 Å². The summed E-state index contributed by atoms with van der Waals surface area (Å²) in [4.78, 5) is 13.7. The van der Waals surface area contributed by atoms with Crippen LogP contribution in [0, 0.1) is 0 Å². The molecule has 7 nitrogen and oxygen atoms in total. The maximum Gasteiger partial charge on any atom is 0.233 e.